The van der Waals surface area contributed by atoms with Crippen LogP contribution in [-0.2, 0) is 11.3 Å². The van der Waals surface area contributed by atoms with E-state index in [1.54, 1.807) is 0 Å². The molecule has 0 radical (unpaired) electrons. The lowest BCUT2D eigenvalue weighted by Gasteiger charge is -2.32. The fourth-order valence-electron chi connectivity index (χ4n) is 2.18. The number of carbonyl (C=O) groups excluding carboxylic acids is 1. The Labute approximate surface area is 122 Å². The number of hydrogen-bond acceptors (Lipinski definition) is 3. The summed E-state index contributed by atoms with van der Waals surface area (Å²) < 4.78 is 1.05. The molecule has 2 N–H and O–H groups in total. The van der Waals surface area contributed by atoms with Crippen molar-refractivity contribution in [2.75, 3.05) is 26.7 Å². The predicted molar refractivity (Wildman–Crippen MR) is 79.9 cm³/mol. The maximum absolute atomic E-state index is 11.9. The van der Waals surface area contributed by atoms with E-state index in [0.717, 1.165) is 29.7 Å². The third-order valence-electron chi connectivity index (χ3n) is 3.47. The molecule has 5 heteroatoms. The molecule has 1 fully saturated rings. The van der Waals surface area contributed by atoms with Crippen LogP contribution in [0.15, 0.2) is 28.7 Å². The second-order valence-electron chi connectivity index (χ2n) is 4.95. The molecular formula is C14H20BrN3O. The molecule has 104 valence electrons. The van der Waals surface area contributed by atoms with E-state index in [2.05, 4.69) is 38.5 Å². The summed E-state index contributed by atoms with van der Waals surface area (Å²) in [4.78, 5) is 14.2. The first-order chi connectivity index (χ1) is 9.15. The molecule has 4 nitrogen and oxygen atoms in total. The van der Waals surface area contributed by atoms with Gasteiger partial charge in [0, 0.05) is 43.1 Å². The van der Waals surface area contributed by atoms with Gasteiger partial charge in [-0.1, -0.05) is 28.1 Å². The van der Waals surface area contributed by atoms with Crippen LogP contribution in [0.4, 0.5) is 0 Å². The van der Waals surface area contributed by atoms with E-state index in [0.29, 0.717) is 19.0 Å². The van der Waals surface area contributed by atoms with Crippen molar-refractivity contribution in [3.8, 4) is 0 Å². The van der Waals surface area contributed by atoms with Gasteiger partial charge in [0.05, 0.1) is 0 Å². The van der Waals surface area contributed by atoms with Gasteiger partial charge in [0.25, 0.3) is 0 Å². The summed E-state index contributed by atoms with van der Waals surface area (Å²) in [5, 5.41) is 6.30. The molecule has 0 aromatic heterocycles. The van der Waals surface area contributed by atoms with Gasteiger partial charge in [0.1, 0.15) is 0 Å². The van der Waals surface area contributed by atoms with Crippen LogP contribution in [0.5, 0.6) is 0 Å². The minimum absolute atomic E-state index is 0.114. The Morgan fingerprint density at radius 2 is 2.21 bits per heavy atom. The Bertz CT molecular complexity index is 421. The van der Waals surface area contributed by atoms with E-state index in [9.17, 15) is 4.79 Å². The van der Waals surface area contributed by atoms with Crippen LogP contribution in [-0.4, -0.2) is 43.5 Å². The molecule has 1 atom stereocenters. The normalized spacial score (nSPS) is 20.2. The number of nitrogens with zero attached hydrogens (tertiary/aromatic N) is 1. The zero-order valence-electron chi connectivity index (χ0n) is 11.2. The fraction of sp³-hybridized carbons (Fsp3) is 0.500. The summed E-state index contributed by atoms with van der Waals surface area (Å²) in [6.45, 7) is 3.50. The Kier molecular flexibility index (Phi) is 5.36. The molecule has 1 unspecified atom stereocenters. The molecule has 0 bridgehead atoms. The highest BCUT2D eigenvalue weighted by Gasteiger charge is 2.21. The first kappa shape index (κ1) is 14.5. The highest BCUT2D eigenvalue weighted by molar-refractivity contribution is 9.10. The zero-order chi connectivity index (χ0) is 13.7. The Balaban J connectivity index is 1.76. The topological polar surface area (TPSA) is 44.4 Å². The van der Waals surface area contributed by atoms with Gasteiger partial charge < -0.3 is 15.5 Å². The minimum Gasteiger partial charge on any atom is -0.352 e. The number of carbonyl (C=O) groups is 1. The fourth-order valence-corrected chi connectivity index (χ4v) is 2.44. The van der Waals surface area contributed by atoms with Crippen molar-refractivity contribution in [1.82, 2.24) is 15.5 Å². The minimum atomic E-state index is 0.114. The standard InChI is InChI=1S/C14H20BrN3O/c1-18-7-6-16-10-13(18)8-14(19)17-9-11-2-4-12(15)5-3-11/h2-5,13,16H,6-10H2,1H3,(H,17,19). The summed E-state index contributed by atoms with van der Waals surface area (Å²) in [6, 6.07) is 8.30. The molecular weight excluding hydrogens is 306 g/mol. The van der Waals surface area contributed by atoms with Crippen LogP contribution in [0.1, 0.15) is 12.0 Å². The second-order valence-corrected chi connectivity index (χ2v) is 5.86. The van der Waals surface area contributed by atoms with Crippen molar-refractivity contribution >= 4 is 21.8 Å². The van der Waals surface area contributed by atoms with Crippen molar-refractivity contribution in [1.29, 1.82) is 0 Å². The van der Waals surface area contributed by atoms with Crippen molar-refractivity contribution in [3.05, 3.63) is 34.3 Å². The lowest BCUT2D eigenvalue weighted by Crippen LogP contribution is -2.50. The quantitative estimate of drug-likeness (QED) is 0.878. The van der Waals surface area contributed by atoms with E-state index < -0.39 is 0 Å². The van der Waals surface area contributed by atoms with E-state index >= 15 is 0 Å². The Morgan fingerprint density at radius 1 is 1.47 bits per heavy atom. The highest BCUT2D eigenvalue weighted by Crippen LogP contribution is 2.10. The second kappa shape index (κ2) is 7.03. The van der Waals surface area contributed by atoms with Crippen molar-refractivity contribution in [3.63, 3.8) is 0 Å². The molecule has 0 spiro atoms. The van der Waals surface area contributed by atoms with Gasteiger partial charge >= 0.3 is 0 Å². The molecule has 1 aliphatic heterocycles. The first-order valence-electron chi connectivity index (χ1n) is 6.57. The van der Waals surface area contributed by atoms with Gasteiger partial charge in [-0.3, -0.25) is 4.79 Å². The average molecular weight is 326 g/mol. The van der Waals surface area contributed by atoms with Crippen molar-refractivity contribution < 1.29 is 4.79 Å². The number of likely N-dealkylation sites (N-methyl/N-ethyl adjacent to an activating group) is 1. The molecule has 19 heavy (non-hydrogen) atoms. The number of piperazine rings is 1. The smallest absolute Gasteiger partial charge is 0.221 e. The monoisotopic (exact) mass is 325 g/mol. The van der Waals surface area contributed by atoms with Crippen LogP contribution in [0, 0.1) is 0 Å². The number of hydrogen-bond donors (Lipinski definition) is 2. The maximum atomic E-state index is 11.9. The van der Waals surface area contributed by atoms with Gasteiger partial charge in [-0.05, 0) is 24.7 Å². The molecule has 1 aromatic carbocycles. The molecule has 0 aliphatic carbocycles. The van der Waals surface area contributed by atoms with Gasteiger partial charge in [0.2, 0.25) is 5.91 Å². The van der Waals surface area contributed by atoms with E-state index in [4.69, 9.17) is 0 Å². The van der Waals surface area contributed by atoms with Crippen molar-refractivity contribution in [2.24, 2.45) is 0 Å². The number of nitrogens with one attached hydrogen (secondary N) is 2. The molecule has 1 aromatic rings. The maximum Gasteiger partial charge on any atom is 0.221 e. The summed E-state index contributed by atoms with van der Waals surface area (Å²) >= 11 is 3.40. The number of rotatable bonds is 4. The molecule has 1 saturated heterocycles. The van der Waals surface area contributed by atoms with Crippen LogP contribution in [0.2, 0.25) is 0 Å². The number of halogens is 1. The van der Waals surface area contributed by atoms with Gasteiger partial charge in [0.15, 0.2) is 0 Å². The van der Waals surface area contributed by atoms with Crippen LogP contribution >= 0.6 is 15.9 Å². The molecule has 1 heterocycles. The van der Waals surface area contributed by atoms with Crippen LogP contribution < -0.4 is 10.6 Å². The van der Waals surface area contributed by atoms with E-state index in [-0.39, 0.29) is 5.91 Å². The summed E-state index contributed by atoms with van der Waals surface area (Å²) in [5.74, 6) is 0.114. The average Bonchev–Trinajstić information content (AvgIpc) is 2.41. The lowest BCUT2D eigenvalue weighted by molar-refractivity contribution is -0.122. The Hall–Kier alpha value is -0.910. The highest BCUT2D eigenvalue weighted by atomic mass is 79.9. The van der Waals surface area contributed by atoms with E-state index in [1.165, 1.54) is 0 Å². The van der Waals surface area contributed by atoms with Gasteiger partial charge in [-0.2, -0.15) is 0 Å². The third kappa shape index (κ3) is 4.60. The first-order valence-corrected chi connectivity index (χ1v) is 7.36. The van der Waals surface area contributed by atoms with Crippen LogP contribution in [0.25, 0.3) is 0 Å². The SMILES string of the molecule is CN1CCNCC1CC(=O)NCc1ccc(Br)cc1. The van der Waals surface area contributed by atoms with Gasteiger partial charge in [-0.15, -0.1) is 0 Å². The van der Waals surface area contributed by atoms with Crippen molar-refractivity contribution in [2.45, 2.75) is 19.0 Å². The molecule has 0 saturated carbocycles. The summed E-state index contributed by atoms with van der Waals surface area (Å²) in [6.07, 6.45) is 0.556. The number of amides is 1. The van der Waals surface area contributed by atoms with E-state index in [1.807, 2.05) is 24.3 Å². The third-order valence-corrected chi connectivity index (χ3v) is 4.00. The summed E-state index contributed by atoms with van der Waals surface area (Å²) in [7, 11) is 2.08. The van der Waals surface area contributed by atoms with Gasteiger partial charge in [-0.25, -0.2) is 0 Å². The largest absolute Gasteiger partial charge is 0.352 e. The lowest BCUT2D eigenvalue weighted by atomic mass is 10.1. The Morgan fingerprint density at radius 3 is 2.89 bits per heavy atom. The number of benzene rings is 1. The predicted octanol–water partition coefficient (Wildman–Crippen LogP) is 1.36. The molecule has 2 rings (SSSR count). The molecule has 1 amide bonds. The van der Waals surface area contributed by atoms with Crippen LogP contribution in [0.3, 0.4) is 0 Å². The molecule has 1 aliphatic rings. The summed E-state index contributed by atoms with van der Waals surface area (Å²) in [5.41, 5.74) is 1.12. The zero-order valence-corrected chi connectivity index (χ0v) is 12.7.